The molecule has 2 aromatic carbocycles. The summed E-state index contributed by atoms with van der Waals surface area (Å²) >= 11 is 0. The molecule has 1 aromatic heterocycles. The second kappa shape index (κ2) is 11.0. The Balaban J connectivity index is 1.74. The number of hydrogen-bond acceptors (Lipinski definition) is 4. The SMILES string of the molecule is Cc1cn([C@@H](OCc2ccccc2)[C@]2(COCc3ccccc3)C[C@@H](C)C=C[C@@H]2C)c(=O)[nH]c1=O. The van der Waals surface area contributed by atoms with Gasteiger partial charge in [0.1, 0.15) is 6.23 Å². The number of rotatable bonds is 9. The first-order valence-corrected chi connectivity index (χ1v) is 12.2. The Kier molecular flexibility index (Phi) is 7.83. The fraction of sp³-hybridized carbons (Fsp3) is 0.379. The number of nitrogens with zero attached hydrogens (tertiary/aromatic N) is 1. The normalized spacial score (nSPS) is 22.7. The van der Waals surface area contributed by atoms with Gasteiger partial charge in [-0.1, -0.05) is 86.7 Å². The first-order valence-electron chi connectivity index (χ1n) is 12.2. The minimum absolute atomic E-state index is 0.0781. The summed E-state index contributed by atoms with van der Waals surface area (Å²) in [6.45, 7) is 7.23. The lowest BCUT2D eigenvalue weighted by Crippen LogP contribution is -2.49. The summed E-state index contributed by atoms with van der Waals surface area (Å²) in [6, 6.07) is 20.0. The molecule has 1 aliphatic rings. The molecule has 184 valence electrons. The third kappa shape index (κ3) is 5.72. The van der Waals surface area contributed by atoms with E-state index in [1.165, 1.54) is 0 Å². The number of aromatic nitrogens is 2. The summed E-state index contributed by atoms with van der Waals surface area (Å²) in [4.78, 5) is 27.7. The second-order valence-electron chi connectivity index (χ2n) is 9.69. The summed E-state index contributed by atoms with van der Waals surface area (Å²) in [7, 11) is 0. The van der Waals surface area contributed by atoms with E-state index in [4.69, 9.17) is 9.47 Å². The monoisotopic (exact) mass is 474 g/mol. The smallest absolute Gasteiger partial charge is 0.330 e. The number of H-pyrrole nitrogens is 1. The lowest BCUT2D eigenvalue weighted by Gasteiger charge is -2.47. The number of nitrogens with one attached hydrogen (secondary N) is 1. The molecule has 1 heterocycles. The Labute approximate surface area is 206 Å². The number of aryl methyl sites for hydroxylation is 1. The molecule has 35 heavy (non-hydrogen) atoms. The van der Waals surface area contributed by atoms with Crippen molar-refractivity contribution >= 4 is 0 Å². The zero-order valence-electron chi connectivity index (χ0n) is 20.6. The van der Waals surface area contributed by atoms with Crippen LogP contribution in [0.5, 0.6) is 0 Å². The molecule has 6 nitrogen and oxygen atoms in total. The lowest BCUT2D eigenvalue weighted by atomic mass is 9.66. The molecule has 1 aliphatic carbocycles. The van der Waals surface area contributed by atoms with Gasteiger partial charge in [0.25, 0.3) is 5.56 Å². The topological polar surface area (TPSA) is 73.3 Å². The predicted octanol–water partition coefficient (Wildman–Crippen LogP) is 5.00. The van der Waals surface area contributed by atoms with Gasteiger partial charge in [0.2, 0.25) is 0 Å². The van der Waals surface area contributed by atoms with Gasteiger partial charge in [-0.25, -0.2) is 4.79 Å². The van der Waals surface area contributed by atoms with Crippen molar-refractivity contribution in [1.29, 1.82) is 0 Å². The Morgan fingerprint density at radius 2 is 1.60 bits per heavy atom. The molecule has 0 fully saturated rings. The van der Waals surface area contributed by atoms with Gasteiger partial charge in [0.15, 0.2) is 0 Å². The van der Waals surface area contributed by atoms with Crippen molar-refractivity contribution in [2.75, 3.05) is 6.61 Å². The molecule has 0 bridgehead atoms. The van der Waals surface area contributed by atoms with Crippen LogP contribution < -0.4 is 11.2 Å². The van der Waals surface area contributed by atoms with E-state index in [-0.39, 0.29) is 17.4 Å². The van der Waals surface area contributed by atoms with Crippen LogP contribution in [0, 0.1) is 24.2 Å². The largest absolute Gasteiger partial charge is 0.376 e. The highest BCUT2D eigenvalue weighted by atomic mass is 16.5. The summed E-state index contributed by atoms with van der Waals surface area (Å²) in [5.74, 6) is 0.364. The van der Waals surface area contributed by atoms with Crippen molar-refractivity contribution < 1.29 is 9.47 Å². The van der Waals surface area contributed by atoms with Crippen molar-refractivity contribution in [3.05, 3.63) is 117 Å². The molecule has 0 amide bonds. The van der Waals surface area contributed by atoms with Gasteiger partial charge in [-0.3, -0.25) is 14.3 Å². The third-order valence-corrected chi connectivity index (χ3v) is 6.96. The van der Waals surface area contributed by atoms with Crippen LogP contribution in [0.25, 0.3) is 0 Å². The molecule has 0 aliphatic heterocycles. The van der Waals surface area contributed by atoms with E-state index in [1.54, 1.807) is 17.7 Å². The number of allylic oxidation sites excluding steroid dienone is 2. The summed E-state index contributed by atoms with van der Waals surface area (Å²) in [6.07, 6.45) is 6.18. The van der Waals surface area contributed by atoms with E-state index >= 15 is 0 Å². The fourth-order valence-electron chi connectivity index (χ4n) is 4.95. The van der Waals surface area contributed by atoms with Crippen LogP contribution in [0.4, 0.5) is 0 Å². The molecule has 1 N–H and O–H groups in total. The van der Waals surface area contributed by atoms with Crippen LogP contribution >= 0.6 is 0 Å². The predicted molar refractivity (Wildman–Crippen MR) is 137 cm³/mol. The van der Waals surface area contributed by atoms with Gasteiger partial charge in [-0.2, -0.15) is 0 Å². The second-order valence-corrected chi connectivity index (χ2v) is 9.69. The highest BCUT2D eigenvalue weighted by Crippen LogP contribution is 2.49. The van der Waals surface area contributed by atoms with Crippen LogP contribution in [0.2, 0.25) is 0 Å². The van der Waals surface area contributed by atoms with E-state index < -0.39 is 17.3 Å². The zero-order chi connectivity index (χ0) is 24.8. The molecular weight excluding hydrogens is 440 g/mol. The maximum absolute atomic E-state index is 13.1. The molecule has 0 radical (unpaired) electrons. The van der Waals surface area contributed by atoms with Crippen molar-refractivity contribution in [1.82, 2.24) is 9.55 Å². The number of benzene rings is 2. The van der Waals surface area contributed by atoms with Crippen molar-refractivity contribution in [3.63, 3.8) is 0 Å². The van der Waals surface area contributed by atoms with Crippen LogP contribution in [0.3, 0.4) is 0 Å². The molecule has 0 saturated carbocycles. The molecule has 4 atom stereocenters. The Bertz CT molecular complexity index is 1250. The van der Waals surface area contributed by atoms with Gasteiger partial charge in [-0.15, -0.1) is 0 Å². The Hall–Kier alpha value is -3.22. The standard InChI is InChI=1S/C29H34N2O4/c1-21-14-15-23(3)29(16-21,20-34-18-24-10-6-4-7-11-24)27(35-19-25-12-8-5-9-13-25)31-17-22(2)26(32)30-28(31)33/h4-15,17,21,23,27H,16,18-20H2,1-3H3,(H,30,32,33)/t21-,23-,27-,29-/m0/s1. The first-order chi connectivity index (χ1) is 16.9. The van der Waals surface area contributed by atoms with Crippen LogP contribution in [-0.4, -0.2) is 16.2 Å². The number of ether oxygens (including phenoxy) is 2. The van der Waals surface area contributed by atoms with Gasteiger partial charge in [0, 0.05) is 17.2 Å². The minimum Gasteiger partial charge on any atom is -0.376 e. The van der Waals surface area contributed by atoms with E-state index in [0.29, 0.717) is 25.4 Å². The fourth-order valence-corrected chi connectivity index (χ4v) is 4.95. The number of hydrogen-bond donors (Lipinski definition) is 1. The lowest BCUT2D eigenvalue weighted by molar-refractivity contribution is -0.158. The molecule has 0 saturated heterocycles. The highest BCUT2D eigenvalue weighted by Gasteiger charge is 2.47. The maximum Gasteiger partial charge on any atom is 0.330 e. The van der Waals surface area contributed by atoms with E-state index in [9.17, 15) is 9.59 Å². The van der Waals surface area contributed by atoms with Gasteiger partial charge >= 0.3 is 5.69 Å². The Morgan fingerprint density at radius 1 is 0.971 bits per heavy atom. The minimum atomic E-state index is -0.635. The average molecular weight is 475 g/mol. The van der Waals surface area contributed by atoms with Gasteiger partial charge < -0.3 is 9.47 Å². The van der Waals surface area contributed by atoms with Crippen LogP contribution in [0.1, 0.15) is 43.2 Å². The molecular formula is C29H34N2O4. The molecule has 0 unspecified atom stereocenters. The van der Waals surface area contributed by atoms with Gasteiger partial charge in [0.05, 0.1) is 19.8 Å². The number of aromatic amines is 1. The van der Waals surface area contributed by atoms with Crippen LogP contribution in [0.15, 0.2) is 88.6 Å². The van der Waals surface area contributed by atoms with E-state index in [1.807, 2.05) is 60.7 Å². The third-order valence-electron chi connectivity index (χ3n) is 6.96. The summed E-state index contributed by atoms with van der Waals surface area (Å²) < 4.78 is 14.5. The maximum atomic E-state index is 13.1. The first kappa shape index (κ1) is 24.9. The highest BCUT2D eigenvalue weighted by molar-refractivity contribution is 5.15. The van der Waals surface area contributed by atoms with E-state index in [0.717, 1.165) is 17.5 Å². The molecule has 4 rings (SSSR count). The van der Waals surface area contributed by atoms with Crippen molar-refractivity contribution in [2.45, 2.75) is 46.6 Å². The average Bonchev–Trinajstić information content (AvgIpc) is 2.86. The zero-order valence-corrected chi connectivity index (χ0v) is 20.6. The molecule has 3 aromatic rings. The molecule has 6 heteroatoms. The van der Waals surface area contributed by atoms with Crippen LogP contribution in [-0.2, 0) is 22.7 Å². The quantitative estimate of drug-likeness (QED) is 0.443. The summed E-state index contributed by atoms with van der Waals surface area (Å²) in [5.41, 5.74) is 1.19. The molecule has 0 spiro atoms. The van der Waals surface area contributed by atoms with E-state index in [2.05, 4.69) is 31.0 Å². The summed E-state index contributed by atoms with van der Waals surface area (Å²) in [5, 5.41) is 0. The Morgan fingerprint density at radius 3 is 2.26 bits per heavy atom. The van der Waals surface area contributed by atoms with Crippen molar-refractivity contribution in [2.24, 2.45) is 17.3 Å². The van der Waals surface area contributed by atoms with Gasteiger partial charge in [-0.05, 0) is 36.3 Å². The van der Waals surface area contributed by atoms with Crippen molar-refractivity contribution in [3.8, 4) is 0 Å².